The molecule has 164 valence electrons. The molecule has 0 saturated heterocycles. The van der Waals surface area contributed by atoms with Crippen molar-refractivity contribution in [2.75, 3.05) is 6.54 Å². The predicted octanol–water partition coefficient (Wildman–Crippen LogP) is 3.97. The molecule has 0 aliphatic carbocycles. The molecule has 8 heteroatoms. The Bertz CT molecular complexity index is 1250. The molecule has 1 aromatic heterocycles. The highest BCUT2D eigenvalue weighted by Crippen LogP contribution is 2.39. The number of hydrogen-bond acceptors (Lipinski definition) is 3. The molecule has 6 nitrogen and oxygen atoms in total. The van der Waals surface area contributed by atoms with Crippen molar-refractivity contribution in [1.82, 2.24) is 15.3 Å². The van der Waals surface area contributed by atoms with Crippen LogP contribution in [0.5, 0.6) is 0 Å². The lowest BCUT2D eigenvalue weighted by molar-refractivity contribution is -0.133. The summed E-state index contributed by atoms with van der Waals surface area (Å²) in [5.74, 6) is -1.41. The number of nitrogens with zero attached hydrogens (tertiary/aromatic N) is 2. The summed E-state index contributed by atoms with van der Waals surface area (Å²) in [7, 11) is 0. The van der Waals surface area contributed by atoms with Crippen LogP contribution in [-0.4, -0.2) is 34.0 Å². The molecule has 3 aromatic rings. The lowest BCUT2D eigenvalue weighted by Crippen LogP contribution is -2.41. The van der Waals surface area contributed by atoms with Crippen LogP contribution in [0.4, 0.5) is 8.78 Å². The number of rotatable bonds is 4. The first-order valence-corrected chi connectivity index (χ1v) is 10.7. The van der Waals surface area contributed by atoms with Crippen LogP contribution in [0.3, 0.4) is 0 Å². The first kappa shape index (κ1) is 20.4. The van der Waals surface area contributed by atoms with Crippen molar-refractivity contribution in [2.24, 2.45) is 5.10 Å². The van der Waals surface area contributed by atoms with E-state index in [0.29, 0.717) is 32.2 Å². The normalized spacial score (nSPS) is 18.3. The third-order valence-corrected chi connectivity index (χ3v) is 6.21. The Morgan fingerprint density at radius 3 is 2.78 bits per heavy atom. The van der Waals surface area contributed by atoms with Gasteiger partial charge in [-0.2, -0.15) is 5.10 Å². The first-order valence-electron chi connectivity index (χ1n) is 10.7. The molecule has 0 radical (unpaired) electrons. The minimum absolute atomic E-state index is 0.133. The molecule has 0 spiro atoms. The maximum absolute atomic E-state index is 14.9. The minimum atomic E-state index is -0.748. The summed E-state index contributed by atoms with van der Waals surface area (Å²) in [6.07, 6.45) is 2.08. The zero-order valence-corrected chi connectivity index (χ0v) is 17.3. The lowest BCUT2D eigenvalue weighted by Gasteiger charge is -2.36. The molecule has 32 heavy (non-hydrogen) atoms. The minimum Gasteiger partial charge on any atom is -0.356 e. The van der Waals surface area contributed by atoms with Crippen LogP contribution in [0, 0.1) is 11.6 Å². The smallest absolute Gasteiger partial charge is 0.240 e. The van der Waals surface area contributed by atoms with Crippen LogP contribution in [0.1, 0.15) is 48.5 Å². The number of halogens is 2. The van der Waals surface area contributed by atoms with Gasteiger partial charge in [0, 0.05) is 47.3 Å². The molecule has 1 unspecified atom stereocenters. The van der Waals surface area contributed by atoms with Gasteiger partial charge in [0.25, 0.3) is 0 Å². The van der Waals surface area contributed by atoms with Crippen molar-refractivity contribution in [1.29, 1.82) is 0 Å². The lowest BCUT2D eigenvalue weighted by atomic mass is 9.91. The second kappa shape index (κ2) is 8.18. The van der Waals surface area contributed by atoms with Gasteiger partial charge in [0.05, 0.1) is 0 Å². The molecule has 0 saturated carbocycles. The second-order valence-corrected chi connectivity index (χ2v) is 8.18. The van der Waals surface area contributed by atoms with Gasteiger partial charge in [-0.3, -0.25) is 9.59 Å². The SMILES string of the molecule is O=C1CCC(CCC(=O)N2CCc3c([nH]c4ccccc34)C2c2cc(F)ccc2F)=NN1. The quantitative estimate of drug-likeness (QED) is 0.649. The molecule has 0 bridgehead atoms. The zero-order chi connectivity index (χ0) is 22.2. The van der Waals surface area contributed by atoms with Gasteiger partial charge in [-0.05, 0) is 49.1 Å². The van der Waals surface area contributed by atoms with Crippen molar-refractivity contribution in [3.63, 3.8) is 0 Å². The summed E-state index contributed by atoms with van der Waals surface area (Å²) in [6.45, 7) is 0.400. The molecule has 2 aliphatic heterocycles. The van der Waals surface area contributed by atoms with Gasteiger partial charge in [0.1, 0.15) is 17.7 Å². The van der Waals surface area contributed by atoms with Crippen LogP contribution >= 0.6 is 0 Å². The second-order valence-electron chi connectivity index (χ2n) is 8.18. The summed E-state index contributed by atoms with van der Waals surface area (Å²) in [5.41, 5.74) is 5.98. The summed E-state index contributed by atoms with van der Waals surface area (Å²) in [5, 5.41) is 5.06. The average molecular weight is 436 g/mol. The van der Waals surface area contributed by atoms with Crippen molar-refractivity contribution in [2.45, 2.75) is 38.1 Å². The number of carbonyl (C=O) groups excluding carboxylic acids is 2. The summed E-state index contributed by atoms with van der Waals surface area (Å²) in [6, 6.07) is 10.4. The Morgan fingerprint density at radius 1 is 1.12 bits per heavy atom. The summed E-state index contributed by atoms with van der Waals surface area (Å²) in [4.78, 5) is 29.5. The van der Waals surface area contributed by atoms with Gasteiger partial charge >= 0.3 is 0 Å². The molecular formula is C24H22F2N4O2. The summed E-state index contributed by atoms with van der Waals surface area (Å²) < 4.78 is 29.0. The van der Waals surface area contributed by atoms with Crippen LogP contribution in [0.15, 0.2) is 47.6 Å². The summed E-state index contributed by atoms with van der Waals surface area (Å²) >= 11 is 0. The van der Waals surface area contributed by atoms with Crippen molar-refractivity contribution in [3.8, 4) is 0 Å². The number of amides is 2. The van der Waals surface area contributed by atoms with E-state index in [1.807, 2.05) is 24.3 Å². The highest BCUT2D eigenvalue weighted by atomic mass is 19.1. The number of hydrazone groups is 1. The standard InChI is InChI=1S/C24H22F2N4O2/c25-14-5-8-19(26)18(13-14)24-23-17(16-3-1-2-4-20(16)27-23)11-12-30(24)22(32)10-7-15-6-9-21(31)29-28-15/h1-5,8,13,24,27H,6-7,9-12H2,(H,29,31). The third kappa shape index (κ3) is 3.66. The fourth-order valence-electron chi connectivity index (χ4n) is 4.64. The number of aromatic amines is 1. The van der Waals surface area contributed by atoms with E-state index in [4.69, 9.17) is 0 Å². The van der Waals surface area contributed by atoms with E-state index < -0.39 is 17.7 Å². The van der Waals surface area contributed by atoms with Gasteiger partial charge in [0.2, 0.25) is 11.8 Å². The number of carbonyl (C=O) groups is 2. The van der Waals surface area contributed by atoms with E-state index in [-0.39, 0.29) is 23.8 Å². The van der Waals surface area contributed by atoms with Gasteiger partial charge in [-0.15, -0.1) is 0 Å². The number of hydrogen-bond donors (Lipinski definition) is 2. The van der Waals surface area contributed by atoms with Crippen molar-refractivity contribution < 1.29 is 18.4 Å². The molecule has 2 amide bonds. The molecule has 3 heterocycles. The maximum Gasteiger partial charge on any atom is 0.240 e. The van der Waals surface area contributed by atoms with Gasteiger partial charge in [-0.1, -0.05) is 18.2 Å². The van der Waals surface area contributed by atoms with Crippen LogP contribution < -0.4 is 5.43 Å². The monoisotopic (exact) mass is 436 g/mol. The van der Waals surface area contributed by atoms with E-state index in [9.17, 15) is 18.4 Å². The average Bonchev–Trinajstić information content (AvgIpc) is 3.18. The first-order chi connectivity index (χ1) is 15.5. The fraction of sp³-hybridized carbons (Fsp3) is 0.292. The topological polar surface area (TPSA) is 77.6 Å². The van der Waals surface area contributed by atoms with Crippen LogP contribution in [-0.2, 0) is 16.0 Å². The van der Waals surface area contributed by atoms with E-state index in [1.54, 1.807) is 4.90 Å². The molecule has 2 N–H and O–H groups in total. The number of nitrogens with one attached hydrogen (secondary N) is 2. The largest absolute Gasteiger partial charge is 0.356 e. The fourth-order valence-corrected chi connectivity index (χ4v) is 4.64. The van der Waals surface area contributed by atoms with Gasteiger partial charge in [0.15, 0.2) is 0 Å². The maximum atomic E-state index is 14.9. The Morgan fingerprint density at radius 2 is 1.97 bits per heavy atom. The molecular weight excluding hydrogens is 414 g/mol. The number of para-hydroxylation sites is 1. The zero-order valence-electron chi connectivity index (χ0n) is 17.3. The Balaban J connectivity index is 1.51. The number of H-pyrrole nitrogens is 1. The van der Waals surface area contributed by atoms with Crippen molar-refractivity contribution in [3.05, 3.63) is 70.9 Å². The van der Waals surface area contributed by atoms with Gasteiger partial charge < -0.3 is 9.88 Å². The molecule has 0 fully saturated rings. The number of fused-ring (bicyclic) bond motifs is 3. The Kier molecular flexibility index (Phi) is 5.20. The molecule has 5 rings (SSSR count). The van der Waals surface area contributed by atoms with Gasteiger partial charge in [-0.25, -0.2) is 14.2 Å². The van der Waals surface area contributed by atoms with E-state index in [1.165, 1.54) is 6.07 Å². The van der Waals surface area contributed by atoms with Crippen molar-refractivity contribution >= 4 is 28.4 Å². The third-order valence-electron chi connectivity index (χ3n) is 6.21. The highest BCUT2D eigenvalue weighted by Gasteiger charge is 2.36. The van der Waals surface area contributed by atoms with E-state index in [2.05, 4.69) is 15.5 Å². The number of benzene rings is 2. The molecule has 2 aromatic carbocycles. The predicted molar refractivity (Wildman–Crippen MR) is 116 cm³/mol. The number of aromatic nitrogens is 1. The van der Waals surface area contributed by atoms with E-state index in [0.717, 1.165) is 40.0 Å². The molecule has 1 atom stereocenters. The highest BCUT2D eigenvalue weighted by molar-refractivity contribution is 5.94. The Labute approximate surface area is 183 Å². The molecule has 2 aliphatic rings. The van der Waals surface area contributed by atoms with E-state index >= 15 is 0 Å². The van der Waals surface area contributed by atoms with Crippen LogP contribution in [0.2, 0.25) is 0 Å². The van der Waals surface area contributed by atoms with Crippen LogP contribution in [0.25, 0.3) is 10.9 Å². The Hall–Kier alpha value is -3.55.